The highest BCUT2D eigenvalue weighted by atomic mass is 16.5. The van der Waals surface area contributed by atoms with E-state index in [-0.39, 0.29) is 11.6 Å². The highest BCUT2D eigenvalue weighted by molar-refractivity contribution is 5.86. The minimum Gasteiger partial charge on any atom is -0.497 e. The maximum absolute atomic E-state index is 11.3. The standard InChI is InChI=1S/C14H14N2O4/c1-18-11-5-3-4-10(6-11)9-20-13-8-15-7-12(16-13)14(17)19-2/h3-8H,9H2,1-2H3. The van der Waals surface area contributed by atoms with Crippen molar-refractivity contribution in [2.45, 2.75) is 6.61 Å². The van der Waals surface area contributed by atoms with Gasteiger partial charge in [0, 0.05) is 0 Å². The fourth-order valence-corrected chi connectivity index (χ4v) is 1.54. The smallest absolute Gasteiger partial charge is 0.358 e. The van der Waals surface area contributed by atoms with Crippen molar-refractivity contribution < 1.29 is 19.0 Å². The Hall–Kier alpha value is -2.63. The van der Waals surface area contributed by atoms with E-state index in [1.807, 2.05) is 24.3 Å². The molecule has 6 nitrogen and oxygen atoms in total. The lowest BCUT2D eigenvalue weighted by atomic mass is 10.2. The van der Waals surface area contributed by atoms with Crippen molar-refractivity contribution in [2.75, 3.05) is 14.2 Å². The number of esters is 1. The van der Waals surface area contributed by atoms with E-state index in [9.17, 15) is 4.79 Å². The van der Waals surface area contributed by atoms with Gasteiger partial charge in [-0.05, 0) is 17.7 Å². The molecule has 6 heteroatoms. The minimum absolute atomic E-state index is 0.107. The molecule has 0 radical (unpaired) electrons. The summed E-state index contributed by atoms with van der Waals surface area (Å²) in [6, 6.07) is 7.48. The van der Waals surface area contributed by atoms with Crippen LogP contribution < -0.4 is 9.47 Å². The summed E-state index contributed by atoms with van der Waals surface area (Å²) >= 11 is 0. The van der Waals surface area contributed by atoms with Crippen LogP contribution in [-0.2, 0) is 11.3 Å². The summed E-state index contributed by atoms with van der Waals surface area (Å²) in [5.74, 6) is 0.459. The van der Waals surface area contributed by atoms with E-state index < -0.39 is 5.97 Å². The molecule has 104 valence electrons. The van der Waals surface area contributed by atoms with E-state index in [0.717, 1.165) is 11.3 Å². The van der Waals surface area contributed by atoms with Gasteiger partial charge in [0.05, 0.1) is 26.6 Å². The van der Waals surface area contributed by atoms with E-state index in [1.165, 1.54) is 19.5 Å². The SMILES string of the molecule is COC(=O)c1cncc(OCc2cccc(OC)c2)n1. The van der Waals surface area contributed by atoms with Crippen LogP contribution in [0.3, 0.4) is 0 Å². The van der Waals surface area contributed by atoms with E-state index in [0.29, 0.717) is 6.61 Å². The molecule has 2 aromatic rings. The number of carbonyl (C=O) groups excluding carboxylic acids is 1. The summed E-state index contributed by atoms with van der Waals surface area (Å²) in [5, 5.41) is 0. The lowest BCUT2D eigenvalue weighted by molar-refractivity contribution is 0.0592. The Morgan fingerprint density at radius 1 is 1.25 bits per heavy atom. The van der Waals surface area contributed by atoms with Crippen molar-refractivity contribution >= 4 is 5.97 Å². The first kappa shape index (κ1) is 13.8. The van der Waals surface area contributed by atoms with E-state index in [1.54, 1.807) is 7.11 Å². The maximum atomic E-state index is 11.3. The Kier molecular flexibility index (Phi) is 4.49. The average molecular weight is 274 g/mol. The van der Waals surface area contributed by atoms with Crippen LogP contribution in [-0.4, -0.2) is 30.2 Å². The lowest BCUT2D eigenvalue weighted by Gasteiger charge is -2.07. The molecular weight excluding hydrogens is 260 g/mol. The van der Waals surface area contributed by atoms with Gasteiger partial charge in [0.2, 0.25) is 5.88 Å². The number of ether oxygens (including phenoxy) is 3. The first-order valence-electron chi connectivity index (χ1n) is 5.89. The monoisotopic (exact) mass is 274 g/mol. The number of hydrogen-bond acceptors (Lipinski definition) is 6. The second kappa shape index (κ2) is 6.51. The van der Waals surface area contributed by atoms with Gasteiger partial charge in [-0.15, -0.1) is 0 Å². The van der Waals surface area contributed by atoms with Crippen molar-refractivity contribution in [3.05, 3.63) is 47.9 Å². The molecule has 1 heterocycles. The predicted octanol–water partition coefficient (Wildman–Crippen LogP) is 1.85. The Balaban J connectivity index is 2.05. The molecule has 0 unspecified atom stereocenters. The van der Waals surface area contributed by atoms with Crippen LogP contribution in [0.4, 0.5) is 0 Å². The molecule has 0 amide bonds. The quantitative estimate of drug-likeness (QED) is 0.775. The summed E-state index contributed by atoms with van der Waals surface area (Å²) in [4.78, 5) is 19.2. The van der Waals surface area contributed by atoms with Gasteiger partial charge < -0.3 is 14.2 Å². The largest absolute Gasteiger partial charge is 0.497 e. The molecule has 0 aliphatic rings. The third-order valence-electron chi connectivity index (χ3n) is 2.53. The van der Waals surface area contributed by atoms with E-state index in [2.05, 4.69) is 14.7 Å². The summed E-state index contributed by atoms with van der Waals surface area (Å²) in [7, 11) is 2.89. The number of benzene rings is 1. The Labute approximate surface area is 116 Å². The number of carbonyl (C=O) groups is 1. The van der Waals surface area contributed by atoms with Gasteiger partial charge in [-0.1, -0.05) is 12.1 Å². The number of hydrogen-bond donors (Lipinski definition) is 0. The molecule has 0 saturated heterocycles. The van der Waals surface area contributed by atoms with Gasteiger partial charge in [-0.2, -0.15) is 0 Å². The summed E-state index contributed by atoms with van der Waals surface area (Å²) < 4.78 is 15.2. The lowest BCUT2D eigenvalue weighted by Crippen LogP contribution is -2.06. The third-order valence-corrected chi connectivity index (χ3v) is 2.53. The number of rotatable bonds is 5. The molecule has 0 spiro atoms. The number of nitrogens with zero attached hydrogens (tertiary/aromatic N) is 2. The van der Waals surface area contributed by atoms with Crippen LogP contribution in [0.5, 0.6) is 11.6 Å². The normalized spacial score (nSPS) is 9.90. The van der Waals surface area contributed by atoms with Crippen molar-refractivity contribution in [1.82, 2.24) is 9.97 Å². The molecule has 0 N–H and O–H groups in total. The van der Waals surface area contributed by atoms with Crippen LogP contribution >= 0.6 is 0 Å². The molecule has 0 atom stereocenters. The summed E-state index contributed by atoms with van der Waals surface area (Å²) in [6.45, 7) is 0.302. The molecule has 1 aromatic heterocycles. The maximum Gasteiger partial charge on any atom is 0.358 e. The van der Waals surface area contributed by atoms with Crippen LogP contribution in [0.2, 0.25) is 0 Å². The van der Waals surface area contributed by atoms with Crippen molar-refractivity contribution in [3.63, 3.8) is 0 Å². The van der Waals surface area contributed by atoms with Crippen LogP contribution in [0.15, 0.2) is 36.7 Å². The first-order chi connectivity index (χ1) is 9.72. The van der Waals surface area contributed by atoms with Gasteiger partial charge in [-0.3, -0.25) is 4.98 Å². The summed E-state index contributed by atoms with van der Waals surface area (Å²) in [6.07, 6.45) is 2.76. The Morgan fingerprint density at radius 3 is 2.85 bits per heavy atom. The molecule has 0 fully saturated rings. The second-order valence-electron chi connectivity index (χ2n) is 3.87. The minimum atomic E-state index is -0.552. The predicted molar refractivity (Wildman–Crippen MR) is 70.7 cm³/mol. The molecule has 0 aliphatic heterocycles. The second-order valence-corrected chi connectivity index (χ2v) is 3.87. The zero-order valence-corrected chi connectivity index (χ0v) is 11.2. The fourth-order valence-electron chi connectivity index (χ4n) is 1.54. The van der Waals surface area contributed by atoms with E-state index >= 15 is 0 Å². The molecular formula is C14H14N2O4. The van der Waals surface area contributed by atoms with Crippen LogP contribution in [0.1, 0.15) is 16.1 Å². The van der Waals surface area contributed by atoms with Crippen molar-refractivity contribution in [2.24, 2.45) is 0 Å². The van der Waals surface area contributed by atoms with Gasteiger partial charge in [-0.25, -0.2) is 9.78 Å². The summed E-state index contributed by atoms with van der Waals surface area (Å²) in [5.41, 5.74) is 1.03. The van der Waals surface area contributed by atoms with Crippen molar-refractivity contribution in [3.8, 4) is 11.6 Å². The van der Waals surface area contributed by atoms with Gasteiger partial charge in [0.25, 0.3) is 0 Å². The molecule has 0 aliphatic carbocycles. The zero-order valence-electron chi connectivity index (χ0n) is 11.2. The van der Waals surface area contributed by atoms with Crippen LogP contribution in [0, 0.1) is 0 Å². The van der Waals surface area contributed by atoms with Gasteiger partial charge in [0.15, 0.2) is 5.69 Å². The third kappa shape index (κ3) is 3.44. The van der Waals surface area contributed by atoms with E-state index in [4.69, 9.17) is 9.47 Å². The topological polar surface area (TPSA) is 70.5 Å². The number of aromatic nitrogens is 2. The zero-order chi connectivity index (χ0) is 14.4. The highest BCUT2D eigenvalue weighted by Gasteiger charge is 2.09. The first-order valence-corrected chi connectivity index (χ1v) is 5.89. The Bertz CT molecular complexity index is 601. The average Bonchev–Trinajstić information content (AvgIpc) is 2.52. The molecule has 0 saturated carbocycles. The molecule has 1 aromatic carbocycles. The fraction of sp³-hybridized carbons (Fsp3) is 0.214. The van der Waals surface area contributed by atoms with Gasteiger partial charge in [0.1, 0.15) is 12.4 Å². The molecule has 0 bridgehead atoms. The molecule has 2 rings (SSSR count). The van der Waals surface area contributed by atoms with Crippen LogP contribution in [0.25, 0.3) is 0 Å². The number of methoxy groups -OCH3 is 2. The molecule has 20 heavy (non-hydrogen) atoms. The van der Waals surface area contributed by atoms with Crippen molar-refractivity contribution in [1.29, 1.82) is 0 Å². The Morgan fingerprint density at radius 2 is 2.10 bits per heavy atom. The van der Waals surface area contributed by atoms with Gasteiger partial charge >= 0.3 is 5.97 Å². The highest BCUT2D eigenvalue weighted by Crippen LogP contribution is 2.14.